The normalized spacial score (nSPS) is 46.4. The Bertz CT molecular complexity index is 153. The second-order valence-corrected chi connectivity index (χ2v) is 5.16. The summed E-state index contributed by atoms with van der Waals surface area (Å²) in [4.78, 5) is 2.44. The lowest BCUT2D eigenvalue weighted by atomic mass is 9.66. The zero-order valence-corrected chi connectivity index (χ0v) is 8.74. The van der Waals surface area contributed by atoms with Gasteiger partial charge in [-0.15, -0.1) is 0 Å². The van der Waals surface area contributed by atoms with Gasteiger partial charge in [0.1, 0.15) is 0 Å². The van der Waals surface area contributed by atoms with Crippen LogP contribution in [0.2, 0.25) is 0 Å². The maximum atomic E-state index is 9.35. The number of rotatable bonds is 1. The maximum Gasteiger partial charge on any atom is 0.0465 e. The topological polar surface area (TPSA) is 23.5 Å². The molecule has 0 spiro atoms. The number of hydrogen-bond donors (Lipinski definition) is 1. The molecule has 2 nitrogen and oxygen atoms in total. The van der Waals surface area contributed by atoms with Crippen LogP contribution in [0.15, 0.2) is 0 Å². The van der Waals surface area contributed by atoms with Crippen LogP contribution in [0.1, 0.15) is 19.8 Å². The Hall–Kier alpha value is -0.0800. The lowest BCUT2D eigenvalue weighted by Crippen LogP contribution is -2.49. The summed E-state index contributed by atoms with van der Waals surface area (Å²) in [6.07, 6.45) is 2.65. The highest BCUT2D eigenvalue weighted by molar-refractivity contribution is 4.91. The number of nitrogens with zero attached hydrogens (tertiary/aromatic N) is 1. The van der Waals surface area contributed by atoms with Crippen molar-refractivity contribution in [2.45, 2.75) is 19.8 Å². The largest absolute Gasteiger partial charge is 0.396 e. The average Bonchev–Trinajstić information content (AvgIpc) is 2.01. The van der Waals surface area contributed by atoms with Crippen LogP contribution >= 0.6 is 0 Å². The molecule has 2 heteroatoms. The molecule has 1 heterocycles. The Balaban J connectivity index is 2.09. The summed E-state index contributed by atoms with van der Waals surface area (Å²) in [5.41, 5.74) is 0. The smallest absolute Gasteiger partial charge is 0.0465 e. The molecule has 0 radical (unpaired) electrons. The van der Waals surface area contributed by atoms with Crippen molar-refractivity contribution in [2.24, 2.45) is 23.7 Å². The Morgan fingerprint density at radius 1 is 1.23 bits per heavy atom. The van der Waals surface area contributed by atoms with E-state index in [4.69, 9.17) is 0 Å². The molecule has 0 aromatic heterocycles. The minimum absolute atomic E-state index is 0.413. The van der Waals surface area contributed by atoms with Crippen LogP contribution in [0.4, 0.5) is 0 Å². The van der Waals surface area contributed by atoms with Gasteiger partial charge in [0, 0.05) is 19.7 Å². The molecule has 76 valence electrons. The molecule has 1 saturated heterocycles. The summed E-state index contributed by atoms with van der Waals surface area (Å²) in [5, 5.41) is 9.35. The van der Waals surface area contributed by atoms with Crippen molar-refractivity contribution >= 4 is 0 Å². The second-order valence-electron chi connectivity index (χ2n) is 5.16. The molecule has 1 aliphatic carbocycles. The highest BCUT2D eigenvalue weighted by atomic mass is 16.3. The molecule has 0 amide bonds. The maximum absolute atomic E-state index is 9.35. The van der Waals surface area contributed by atoms with Gasteiger partial charge in [0.15, 0.2) is 0 Å². The van der Waals surface area contributed by atoms with Crippen molar-refractivity contribution in [1.29, 1.82) is 0 Å². The summed E-state index contributed by atoms with van der Waals surface area (Å²) in [5.74, 6) is 3.01. The Kier molecular flexibility index (Phi) is 2.61. The fraction of sp³-hybridized carbons (Fsp3) is 1.00. The van der Waals surface area contributed by atoms with Gasteiger partial charge >= 0.3 is 0 Å². The monoisotopic (exact) mass is 183 g/mol. The van der Waals surface area contributed by atoms with E-state index in [1.165, 1.54) is 25.9 Å². The first-order valence-corrected chi connectivity index (χ1v) is 5.50. The van der Waals surface area contributed by atoms with Crippen LogP contribution in [0.25, 0.3) is 0 Å². The van der Waals surface area contributed by atoms with Crippen LogP contribution in [0.3, 0.4) is 0 Å². The van der Waals surface area contributed by atoms with Crippen LogP contribution in [-0.4, -0.2) is 36.8 Å². The van der Waals surface area contributed by atoms with Gasteiger partial charge in [-0.05, 0) is 43.6 Å². The molecule has 1 saturated carbocycles. The zero-order valence-electron chi connectivity index (χ0n) is 8.74. The average molecular weight is 183 g/mol. The first kappa shape index (κ1) is 9.47. The van der Waals surface area contributed by atoms with E-state index >= 15 is 0 Å². The van der Waals surface area contributed by atoms with Crippen molar-refractivity contribution in [3.63, 3.8) is 0 Å². The van der Waals surface area contributed by atoms with Gasteiger partial charge in [-0.1, -0.05) is 6.92 Å². The van der Waals surface area contributed by atoms with Gasteiger partial charge in [-0.3, -0.25) is 0 Å². The van der Waals surface area contributed by atoms with Crippen LogP contribution < -0.4 is 0 Å². The quantitative estimate of drug-likeness (QED) is 0.660. The molecule has 1 aliphatic heterocycles. The second kappa shape index (κ2) is 3.58. The minimum Gasteiger partial charge on any atom is -0.396 e. The summed E-state index contributed by atoms with van der Waals surface area (Å²) < 4.78 is 0. The minimum atomic E-state index is 0.413. The van der Waals surface area contributed by atoms with Crippen molar-refractivity contribution in [3.05, 3.63) is 0 Å². The summed E-state index contributed by atoms with van der Waals surface area (Å²) in [6.45, 7) is 5.17. The molecule has 2 rings (SSSR count). The molecule has 13 heavy (non-hydrogen) atoms. The molecule has 2 fully saturated rings. The van der Waals surface area contributed by atoms with Crippen molar-refractivity contribution in [2.75, 3.05) is 26.7 Å². The third-order valence-electron chi connectivity index (χ3n) is 3.92. The summed E-state index contributed by atoms with van der Waals surface area (Å²) in [7, 11) is 2.21. The summed E-state index contributed by atoms with van der Waals surface area (Å²) in [6, 6.07) is 0. The van der Waals surface area contributed by atoms with E-state index in [2.05, 4.69) is 18.9 Å². The predicted molar refractivity (Wildman–Crippen MR) is 53.5 cm³/mol. The van der Waals surface area contributed by atoms with Gasteiger partial charge in [-0.2, -0.15) is 0 Å². The third-order valence-corrected chi connectivity index (χ3v) is 3.92. The van der Waals surface area contributed by atoms with Gasteiger partial charge in [0.2, 0.25) is 0 Å². The molecular formula is C11H21NO. The molecule has 2 bridgehead atoms. The van der Waals surface area contributed by atoms with Gasteiger partial charge in [0.05, 0.1) is 0 Å². The predicted octanol–water partition coefficient (Wildman–Crippen LogP) is 1.20. The number of aliphatic hydroxyl groups is 1. The molecule has 2 atom stereocenters. The molecule has 0 aromatic carbocycles. The highest BCUT2D eigenvalue weighted by Gasteiger charge is 2.40. The standard InChI is InChI=1S/C11H21NO/c1-8-3-9-5-12(2)6-10(4-8)11(9)7-13/h8-11,13H,3-7H2,1-2H3. The van der Waals surface area contributed by atoms with Crippen molar-refractivity contribution < 1.29 is 5.11 Å². The van der Waals surface area contributed by atoms with E-state index in [0.717, 1.165) is 17.8 Å². The van der Waals surface area contributed by atoms with Crippen LogP contribution in [0.5, 0.6) is 0 Å². The van der Waals surface area contributed by atoms with E-state index in [-0.39, 0.29) is 0 Å². The highest BCUT2D eigenvalue weighted by Crippen LogP contribution is 2.41. The molecule has 2 aliphatic rings. The number of aliphatic hydroxyl groups excluding tert-OH is 1. The fourth-order valence-corrected chi connectivity index (χ4v) is 3.46. The lowest BCUT2D eigenvalue weighted by molar-refractivity contribution is -0.0144. The SMILES string of the molecule is CC1CC2CN(C)CC(C1)C2CO. The van der Waals surface area contributed by atoms with E-state index in [0.29, 0.717) is 12.5 Å². The van der Waals surface area contributed by atoms with Crippen molar-refractivity contribution in [3.8, 4) is 0 Å². The first-order valence-electron chi connectivity index (χ1n) is 5.50. The van der Waals surface area contributed by atoms with E-state index in [1.54, 1.807) is 0 Å². The molecule has 1 N–H and O–H groups in total. The molecule has 0 aromatic rings. The summed E-state index contributed by atoms with van der Waals surface area (Å²) >= 11 is 0. The molecule has 2 unspecified atom stereocenters. The van der Waals surface area contributed by atoms with E-state index in [1.807, 2.05) is 0 Å². The Labute approximate surface area is 80.9 Å². The van der Waals surface area contributed by atoms with E-state index in [9.17, 15) is 5.11 Å². The first-order chi connectivity index (χ1) is 6.20. The van der Waals surface area contributed by atoms with Gasteiger partial charge in [-0.25, -0.2) is 0 Å². The zero-order chi connectivity index (χ0) is 9.42. The van der Waals surface area contributed by atoms with Crippen molar-refractivity contribution in [1.82, 2.24) is 4.90 Å². The van der Waals surface area contributed by atoms with E-state index < -0.39 is 0 Å². The lowest BCUT2D eigenvalue weighted by Gasteiger charge is -2.47. The van der Waals surface area contributed by atoms with Gasteiger partial charge in [0.25, 0.3) is 0 Å². The molecular weight excluding hydrogens is 162 g/mol. The Morgan fingerprint density at radius 2 is 1.77 bits per heavy atom. The third kappa shape index (κ3) is 1.75. The number of likely N-dealkylation sites (tertiary alicyclic amines) is 1. The van der Waals surface area contributed by atoms with Gasteiger partial charge < -0.3 is 10.0 Å². The fourth-order valence-electron chi connectivity index (χ4n) is 3.46. The number of hydrogen-bond acceptors (Lipinski definition) is 2. The van der Waals surface area contributed by atoms with Crippen LogP contribution in [0, 0.1) is 23.7 Å². The number of piperidine rings is 1. The number of fused-ring (bicyclic) bond motifs is 2. The van der Waals surface area contributed by atoms with Crippen LogP contribution in [-0.2, 0) is 0 Å². The Morgan fingerprint density at radius 3 is 2.23 bits per heavy atom.